The van der Waals surface area contributed by atoms with Gasteiger partial charge in [-0.05, 0) is 30.3 Å². The molecule has 1 heterocycles. The molecule has 0 aromatic carbocycles. The van der Waals surface area contributed by atoms with Gasteiger partial charge in [-0.15, -0.1) is 0 Å². The van der Waals surface area contributed by atoms with E-state index in [0.29, 0.717) is 19.4 Å². The molecule has 1 unspecified atom stereocenters. The third-order valence-electron chi connectivity index (χ3n) is 6.60. The van der Waals surface area contributed by atoms with Crippen LogP contribution < -0.4 is 0 Å². The summed E-state index contributed by atoms with van der Waals surface area (Å²) >= 11 is 0. The van der Waals surface area contributed by atoms with Gasteiger partial charge in [-0.25, -0.2) is 0 Å². The van der Waals surface area contributed by atoms with E-state index < -0.39 is 35.4 Å². The monoisotopic (exact) mass is 298 g/mol. The molecule has 0 amide bonds. The standard InChI is InChI=1S/C16H26O5/c1-8-5-11(17)12(18)10-6-16(13(19)15(8,10)3)9(2)7-21-14(16)20-4/h8,10-14,17-19H,2,5-7H2,1,3-4H3/t8?,10-,11+,12-,13-,14-,15+,16-/m1/s1. The summed E-state index contributed by atoms with van der Waals surface area (Å²) in [6, 6.07) is 0. The van der Waals surface area contributed by atoms with Crippen molar-refractivity contribution in [3.8, 4) is 0 Å². The predicted octanol–water partition coefficient (Wildman–Crippen LogP) is 0.680. The highest BCUT2D eigenvalue weighted by atomic mass is 16.7. The number of ether oxygens (including phenoxy) is 2. The van der Waals surface area contributed by atoms with Crippen LogP contribution >= 0.6 is 0 Å². The first-order chi connectivity index (χ1) is 9.80. The van der Waals surface area contributed by atoms with Gasteiger partial charge in [0, 0.05) is 12.5 Å². The lowest BCUT2D eigenvalue weighted by Crippen LogP contribution is -2.54. The molecule has 1 saturated heterocycles. The Morgan fingerprint density at radius 1 is 1.33 bits per heavy atom. The third-order valence-corrected chi connectivity index (χ3v) is 6.60. The van der Waals surface area contributed by atoms with Crippen molar-refractivity contribution in [3.63, 3.8) is 0 Å². The van der Waals surface area contributed by atoms with Crippen molar-refractivity contribution in [2.24, 2.45) is 22.7 Å². The molecule has 5 heteroatoms. The Balaban J connectivity index is 2.07. The smallest absolute Gasteiger partial charge is 0.169 e. The summed E-state index contributed by atoms with van der Waals surface area (Å²) in [6.07, 6.45) is -1.79. The van der Waals surface area contributed by atoms with Gasteiger partial charge in [-0.2, -0.15) is 0 Å². The second kappa shape index (κ2) is 4.77. The molecule has 0 aromatic heterocycles. The Morgan fingerprint density at radius 3 is 2.62 bits per heavy atom. The fourth-order valence-corrected chi connectivity index (χ4v) is 5.07. The van der Waals surface area contributed by atoms with E-state index in [2.05, 4.69) is 6.58 Å². The van der Waals surface area contributed by atoms with E-state index in [1.165, 1.54) is 0 Å². The van der Waals surface area contributed by atoms with Crippen LogP contribution in [0.15, 0.2) is 12.2 Å². The quantitative estimate of drug-likeness (QED) is 0.621. The second-order valence-electron chi connectivity index (χ2n) is 7.30. The van der Waals surface area contributed by atoms with Gasteiger partial charge in [-0.1, -0.05) is 20.4 Å². The molecule has 1 spiro atoms. The topological polar surface area (TPSA) is 79.2 Å². The van der Waals surface area contributed by atoms with Gasteiger partial charge < -0.3 is 24.8 Å². The third kappa shape index (κ3) is 1.70. The predicted molar refractivity (Wildman–Crippen MR) is 76.3 cm³/mol. The lowest BCUT2D eigenvalue weighted by Gasteiger charge is -2.49. The molecule has 3 fully saturated rings. The molecule has 120 valence electrons. The molecule has 3 aliphatic rings. The average Bonchev–Trinajstić information content (AvgIpc) is 2.89. The zero-order valence-corrected chi connectivity index (χ0v) is 13.0. The molecule has 0 radical (unpaired) electrons. The van der Waals surface area contributed by atoms with Crippen molar-refractivity contribution in [1.29, 1.82) is 0 Å². The summed E-state index contributed by atoms with van der Waals surface area (Å²) < 4.78 is 11.1. The van der Waals surface area contributed by atoms with Crippen LogP contribution in [0.3, 0.4) is 0 Å². The number of fused-ring (bicyclic) bond motifs is 1. The lowest BCUT2D eigenvalue weighted by atomic mass is 9.60. The molecule has 8 atom stereocenters. The SMILES string of the molecule is C=C1CO[C@@H](OC)[C@]12C[C@@H]1[C@@H](O)[C@@H](O)CC(C)[C@]1(C)[C@H]2O. The maximum absolute atomic E-state index is 11.2. The molecule has 0 bridgehead atoms. The highest BCUT2D eigenvalue weighted by molar-refractivity contribution is 5.28. The van der Waals surface area contributed by atoms with Crippen LogP contribution in [0.4, 0.5) is 0 Å². The molecule has 1 aliphatic heterocycles. The van der Waals surface area contributed by atoms with E-state index in [1.54, 1.807) is 7.11 Å². The van der Waals surface area contributed by atoms with Gasteiger partial charge in [0.1, 0.15) is 0 Å². The maximum Gasteiger partial charge on any atom is 0.169 e. The van der Waals surface area contributed by atoms with Crippen molar-refractivity contribution in [3.05, 3.63) is 12.2 Å². The van der Waals surface area contributed by atoms with Gasteiger partial charge in [-0.3, -0.25) is 0 Å². The van der Waals surface area contributed by atoms with Gasteiger partial charge >= 0.3 is 0 Å². The first kappa shape index (κ1) is 15.4. The Kier molecular flexibility index (Phi) is 3.50. The summed E-state index contributed by atoms with van der Waals surface area (Å²) in [7, 11) is 1.57. The minimum Gasteiger partial charge on any atom is -0.391 e. The molecule has 5 nitrogen and oxygen atoms in total. The van der Waals surface area contributed by atoms with E-state index >= 15 is 0 Å². The Morgan fingerprint density at radius 2 is 2.00 bits per heavy atom. The Hall–Kier alpha value is -0.460. The highest BCUT2D eigenvalue weighted by Gasteiger charge is 2.70. The Labute approximate surface area is 125 Å². The van der Waals surface area contributed by atoms with Gasteiger partial charge in [0.25, 0.3) is 0 Å². The molecule has 3 N–H and O–H groups in total. The first-order valence-corrected chi connectivity index (χ1v) is 7.67. The molecule has 21 heavy (non-hydrogen) atoms. The number of rotatable bonds is 1. The van der Waals surface area contributed by atoms with Crippen LogP contribution in [0.25, 0.3) is 0 Å². The minimum atomic E-state index is -0.828. The van der Waals surface area contributed by atoms with Crippen molar-refractivity contribution in [2.75, 3.05) is 13.7 Å². The van der Waals surface area contributed by atoms with E-state index in [4.69, 9.17) is 9.47 Å². The van der Waals surface area contributed by atoms with Crippen molar-refractivity contribution in [2.45, 2.75) is 51.3 Å². The second-order valence-corrected chi connectivity index (χ2v) is 7.30. The van der Waals surface area contributed by atoms with Gasteiger partial charge in [0.15, 0.2) is 6.29 Å². The van der Waals surface area contributed by atoms with Crippen molar-refractivity contribution >= 4 is 0 Å². The summed E-state index contributed by atoms with van der Waals surface area (Å²) in [4.78, 5) is 0. The largest absolute Gasteiger partial charge is 0.391 e. The zero-order chi connectivity index (χ0) is 15.6. The minimum absolute atomic E-state index is 0.0983. The number of aliphatic hydroxyl groups excluding tert-OH is 3. The number of aliphatic hydroxyl groups is 3. The van der Waals surface area contributed by atoms with E-state index in [1.807, 2.05) is 13.8 Å². The lowest BCUT2D eigenvalue weighted by molar-refractivity contribution is -0.179. The maximum atomic E-state index is 11.2. The molecule has 2 aliphatic carbocycles. The van der Waals surface area contributed by atoms with Crippen LogP contribution in [0.2, 0.25) is 0 Å². The molecule has 0 aromatic rings. The summed E-state index contributed by atoms with van der Waals surface area (Å²) in [6.45, 7) is 8.50. The van der Waals surface area contributed by atoms with Crippen molar-refractivity contribution in [1.82, 2.24) is 0 Å². The number of hydrogen-bond acceptors (Lipinski definition) is 5. The van der Waals surface area contributed by atoms with Crippen LogP contribution in [0, 0.1) is 22.7 Å². The van der Waals surface area contributed by atoms with E-state index in [9.17, 15) is 15.3 Å². The van der Waals surface area contributed by atoms with Gasteiger partial charge in [0.05, 0.1) is 30.3 Å². The summed E-state index contributed by atoms with van der Waals surface area (Å²) in [5.41, 5.74) is -0.342. The molecule has 2 saturated carbocycles. The van der Waals surface area contributed by atoms with Crippen LogP contribution in [-0.4, -0.2) is 53.6 Å². The fraction of sp³-hybridized carbons (Fsp3) is 0.875. The van der Waals surface area contributed by atoms with Crippen LogP contribution in [0.5, 0.6) is 0 Å². The summed E-state index contributed by atoms with van der Waals surface area (Å²) in [5, 5.41) is 31.7. The average molecular weight is 298 g/mol. The normalized spacial score (nSPS) is 57.0. The highest BCUT2D eigenvalue weighted by Crippen LogP contribution is 2.66. The number of hydrogen-bond donors (Lipinski definition) is 3. The Bertz CT molecular complexity index is 452. The molecule has 3 rings (SSSR count). The first-order valence-electron chi connectivity index (χ1n) is 7.67. The molecular formula is C16H26O5. The van der Waals surface area contributed by atoms with E-state index in [0.717, 1.165) is 5.57 Å². The molecular weight excluding hydrogens is 272 g/mol. The fourth-order valence-electron chi connectivity index (χ4n) is 5.07. The summed E-state index contributed by atoms with van der Waals surface area (Å²) in [5.74, 6) is -0.0940. The van der Waals surface area contributed by atoms with Crippen LogP contribution in [-0.2, 0) is 9.47 Å². The number of methoxy groups -OCH3 is 1. The van der Waals surface area contributed by atoms with Crippen molar-refractivity contribution < 1.29 is 24.8 Å². The van der Waals surface area contributed by atoms with Gasteiger partial charge in [0.2, 0.25) is 0 Å². The van der Waals surface area contributed by atoms with Crippen LogP contribution in [0.1, 0.15) is 26.7 Å². The zero-order valence-electron chi connectivity index (χ0n) is 13.0. The van der Waals surface area contributed by atoms with E-state index in [-0.39, 0.29) is 11.8 Å².